The molecule has 1 aliphatic heterocycles. The van der Waals surface area contributed by atoms with Gasteiger partial charge in [-0.3, -0.25) is 4.79 Å². The minimum absolute atomic E-state index is 0.197. The molecule has 0 radical (unpaired) electrons. The third-order valence-electron chi connectivity index (χ3n) is 4.95. The lowest BCUT2D eigenvalue weighted by Crippen LogP contribution is -2.18. The second kappa shape index (κ2) is 8.49. The number of carbonyl (C=O) groups excluding carboxylic acids is 1. The maximum atomic E-state index is 13.0. The molecule has 2 heterocycles. The van der Waals surface area contributed by atoms with Gasteiger partial charge in [0.2, 0.25) is 6.79 Å². The maximum absolute atomic E-state index is 13.0. The molecule has 0 saturated heterocycles. The Bertz CT molecular complexity index is 1390. The number of nitrogens with one attached hydrogen (secondary N) is 1. The predicted octanol–water partition coefficient (Wildman–Crippen LogP) is 5.70. The number of aromatic nitrogens is 1. The van der Waals surface area contributed by atoms with E-state index in [0.29, 0.717) is 43.7 Å². The van der Waals surface area contributed by atoms with Gasteiger partial charge in [0.05, 0.1) is 33.0 Å². The van der Waals surface area contributed by atoms with Crippen LogP contribution in [0.4, 0.5) is 0 Å². The topological polar surface area (TPSA) is 72.8 Å². The van der Waals surface area contributed by atoms with Crippen LogP contribution in [0, 0.1) is 0 Å². The van der Waals surface area contributed by atoms with E-state index in [1.165, 1.54) is 0 Å². The number of hydrogen-bond donors (Lipinski definition) is 1. The third-order valence-corrected chi connectivity index (χ3v) is 5.69. The van der Waals surface area contributed by atoms with Crippen molar-refractivity contribution in [2.45, 2.75) is 0 Å². The molecule has 32 heavy (non-hydrogen) atoms. The largest absolute Gasteiger partial charge is 0.454 e. The molecular formula is C24H15Cl2N3O3. The van der Waals surface area contributed by atoms with Gasteiger partial charge >= 0.3 is 0 Å². The molecule has 4 aromatic rings. The Labute approximate surface area is 193 Å². The fourth-order valence-corrected chi connectivity index (χ4v) is 3.68. The van der Waals surface area contributed by atoms with E-state index < -0.39 is 0 Å². The van der Waals surface area contributed by atoms with Gasteiger partial charge < -0.3 is 9.47 Å². The zero-order valence-electron chi connectivity index (χ0n) is 16.5. The Hall–Kier alpha value is -3.61. The fraction of sp³-hybridized carbons (Fsp3) is 0.0417. The van der Waals surface area contributed by atoms with Crippen LogP contribution in [0.3, 0.4) is 0 Å². The molecular weight excluding hydrogens is 449 g/mol. The zero-order valence-corrected chi connectivity index (χ0v) is 18.0. The average molecular weight is 464 g/mol. The van der Waals surface area contributed by atoms with E-state index in [4.69, 9.17) is 32.7 Å². The van der Waals surface area contributed by atoms with Crippen LogP contribution in [-0.2, 0) is 0 Å². The second-order valence-corrected chi connectivity index (χ2v) is 7.83. The first-order chi connectivity index (χ1) is 15.6. The monoisotopic (exact) mass is 463 g/mol. The van der Waals surface area contributed by atoms with Gasteiger partial charge in [0, 0.05) is 10.9 Å². The summed E-state index contributed by atoms with van der Waals surface area (Å²) in [6.45, 7) is 0.197. The van der Waals surface area contributed by atoms with Crippen molar-refractivity contribution in [3.8, 4) is 22.8 Å². The highest BCUT2D eigenvalue weighted by Gasteiger charge is 2.15. The maximum Gasteiger partial charge on any atom is 0.272 e. The van der Waals surface area contributed by atoms with Gasteiger partial charge in [0.25, 0.3) is 5.91 Å². The molecule has 0 unspecified atom stereocenters. The Kier molecular flexibility index (Phi) is 5.39. The molecule has 6 nitrogen and oxygen atoms in total. The fourth-order valence-electron chi connectivity index (χ4n) is 3.39. The highest BCUT2D eigenvalue weighted by Crippen LogP contribution is 2.32. The van der Waals surface area contributed by atoms with Crippen LogP contribution >= 0.6 is 23.2 Å². The highest BCUT2D eigenvalue weighted by atomic mass is 35.5. The van der Waals surface area contributed by atoms with Gasteiger partial charge in [0.15, 0.2) is 11.5 Å². The lowest BCUT2D eigenvalue weighted by molar-refractivity contribution is 0.0956. The molecule has 8 heteroatoms. The number of fused-ring (bicyclic) bond motifs is 2. The summed E-state index contributed by atoms with van der Waals surface area (Å²) in [6.07, 6.45) is 1.54. The number of halogens is 2. The lowest BCUT2D eigenvalue weighted by atomic mass is 10.0. The smallest absolute Gasteiger partial charge is 0.272 e. The summed E-state index contributed by atoms with van der Waals surface area (Å²) in [7, 11) is 0. The number of rotatable bonds is 4. The Balaban J connectivity index is 1.45. The summed E-state index contributed by atoms with van der Waals surface area (Å²) < 4.78 is 10.7. The summed E-state index contributed by atoms with van der Waals surface area (Å²) >= 11 is 12.2. The number of amides is 1. The molecule has 0 aliphatic carbocycles. The van der Waals surface area contributed by atoms with Gasteiger partial charge in [-0.1, -0.05) is 47.5 Å². The highest BCUT2D eigenvalue weighted by molar-refractivity contribution is 6.42. The van der Waals surface area contributed by atoms with Crippen LogP contribution in [-0.4, -0.2) is 23.9 Å². The number of carbonyl (C=O) groups is 1. The van der Waals surface area contributed by atoms with E-state index in [9.17, 15) is 4.79 Å². The van der Waals surface area contributed by atoms with Crippen LogP contribution in [0.15, 0.2) is 71.8 Å². The number of benzene rings is 3. The van der Waals surface area contributed by atoms with E-state index in [-0.39, 0.29) is 12.7 Å². The molecule has 1 amide bonds. The molecule has 0 atom stereocenters. The van der Waals surface area contributed by atoms with Gasteiger partial charge in [-0.05, 0) is 48.0 Å². The van der Waals surface area contributed by atoms with Crippen molar-refractivity contribution in [3.63, 3.8) is 0 Å². The summed E-state index contributed by atoms with van der Waals surface area (Å²) in [5.74, 6) is 0.970. The lowest BCUT2D eigenvalue weighted by Gasteiger charge is -2.09. The summed E-state index contributed by atoms with van der Waals surface area (Å²) in [6, 6.07) is 19.8. The van der Waals surface area contributed by atoms with Gasteiger partial charge in [-0.2, -0.15) is 5.10 Å². The number of ether oxygens (including phenoxy) is 2. The molecule has 0 spiro atoms. The van der Waals surface area contributed by atoms with E-state index in [1.807, 2.05) is 36.4 Å². The van der Waals surface area contributed by atoms with Crippen molar-refractivity contribution < 1.29 is 14.3 Å². The van der Waals surface area contributed by atoms with Crippen molar-refractivity contribution >= 4 is 46.2 Å². The first kappa shape index (κ1) is 20.3. The Morgan fingerprint density at radius 1 is 0.969 bits per heavy atom. The van der Waals surface area contributed by atoms with Gasteiger partial charge in [0.1, 0.15) is 0 Å². The van der Waals surface area contributed by atoms with Crippen molar-refractivity contribution in [1.29, 1.82) is 0 Å². The number of para-hydroxylation sites is 1. The van der Waals surface area contributed by atoms with Crippen LogP contribution in [0.25, 0.3) is 22.2 Å². The summed E-state index contributed by atoms with van der Waals surface area (Å²) in [5, 5.41) is 5.68. The van der Waals surface area contributed by atoms with Crippen molar-refractivity contribution in [2.24, 2.45) is 5.10 Å². The predicted molar refractivity (Wildman–Crippen MR) is 125 cm³/mol. The Morgan fingerprint density at radius 2 is 1.81 bits per heavy atom. The molecule has 1 aromatic heterocycles. The van der Waals surface area contributed by atoms with Crippen LogP contribution in [0.2, 0.25) is 10.0 Å². The quantitative estimate of drug-likeness (QED) is 0.311. The van der Waals surface area contributed by atoms with E-state index in [0.717, 1.165) is 11.1 Å². The first-order valence-electron chi connectivity index (χ1n) is 9.67. The van der Waals surface area contributed by atoms with E-state index in [1.54, 1.807) is 36.5 Å². The van der Waals surface area contributed by atoms with Crippen LogP contribution < -0.4 is 14.9 Å². The summed E-state index contributed by atoms with van der Waals surface area (Å²) in [5.41, 5.74) is 5.84. The molecule has 0 bridgehead atoms. The number of pyridine rings is 1. The van der Waals surface area contributed by atoms with Gasteiger partial charge in [-0.15, -0.1) is 0 Å². The molecule has 1 N–H and O–H groups in total. The van der Waals surface area contributed by atoms with Crippen LogP contribution in [0.1, 0.15) is 15.9 Å². The zero-order chi connectivity index (χ0) is 22.1. The minimum atomic E-state index is -0.359. The molecule has 158 valence electrons. The molecule has 5 rings (SSSR count). The van der Waals surface area contributed by atoms with E-state index >= 15 is 0 Å². The van der Waals surface area contributed by atoms with Crippen molar-refractivity contribution in [3.05, 3.63) is 87.9 Å². The van der Waals surface area contributed by atoms with Crippen LogP contribution in [0.5, 0.6) is 11.5 Å². The summed E-state index contributed by atoms with van der Waals surface area (Å²) in [4.78, 5) is 17.7. The molecule has 3 aromatic carbocycles. The standard InChI is InChI=1S/C24H15Cl2N3O3/c25-18-7-6-15(10-19(18)26)21-11-17(16-3-1-2-4-20(16)28-21)24(30)29-27-12-14-5-8-22-23(9-14)32-13-31-22/h1-12H,13H2,(H,29,30)/b27-12+. The molecule has 1 aliphatic rings. The third kappa shape index (κ3) is 3.98. The van der Waals surface area contributed by atoms with E-state index in [2.05, 4.69) is 15.5 Å². The second-order valence-electron chi connectivity index (χ2n) is 7.01. The minimum Gasteiger partial charge on any atom is -0.454 e. The van der Waals surface area contributed by atoms with Crippen molar-refractivity contribution in [1.82, 2.24) is 10.4 Å². The average Bonchev–Trinajstić information content (AvgIpc) is 3.28. The SMILES string of the molecule is O=C(N/N=C/c1ccc2c(c1)OCO2)c1cc(-c2ccc(Cl)c(Cl)c2)nc2ccccc12. The molecule has 0 saturated carbocycles. The first-order valence-corrected chi connectivity index (χ1v) is 10.4. The number of nitrogens with zero attached hydrogens (tertiary/aromatic N) is 2. The number of hydrazone groups is 1. The van der Waals surface area contributed by atoms with Gasteiger partial charge in [-0.25, -0.2) is 10.4 Å². The van der Waals surface area contributed by atoms with Crippen molar-refractivity contribution in [2.75, 3.05) is 6.79 Å². The molecule has 0 fully saturated rings. The normalized spacial score (nSPS) is 12.4. The number of hydrogen-bond acceptors (Lipinski definition) is 5. The Morgan fingerprint density at radius 3 is 2.69 bits per heavy atom.